The molecule has 0 aliphatic heterocycles. The van der Waals surface area contributed by atoms with E-state index in [-0.39, 0.29) is 5.92 Å². The normalized spacial score (nSPS) is 15.6. The predicted molar refractivity (Wildman–Crippen MR) is 47.7 cm³/mol. The van der Waals surface area contributed by atoms with Crippen molar-refractivity contribution in [1.29, 1.82) is 0 Å². The third-order valence-corrected chi connectivity index (χ3v) is 2.10. The maximum atomic E-state index is 10.5. The van der Waals surface area contributed by atoms with Crippen LogP contribution in [0.3, 0.4) is 0 Å². The van der Waals surface area contributed by atoms with Crippen LogP contribution in [0, 0.1) is 5.92 Å². The maximum Gasteiger partial charge on any atom is 0.320 e. The van der Waals surface area contributed by atoms with Crippen LogP contribution in [0.25, 0.3) is 0 Å². The average molecular weight is 174 g/mol. The van der Waals surface area contributed by atoms with E-state index in [1.54, 1.807) is 0 Å². The molecule has 12 heavy (non-hydrogen) atoms. The van der Waals surface area contributed by atoms with Crippen LogP contribution in [-0.2, 0) is 4.79 Å². The van der Waals surface area contributed by atoms with Crippen molar-refractivity contribution in [3.8, 4) is 0 Å². The lowest BCUT2D eigenvalue weighted by Gasteiger charge is -2.18. The summed E-state index contributed by atoms with van der Waals surface area (Å²) in [5.41, 5.74) is 10.8. The molecule has 2 atom stereocenters. The number of hydrogen-bond acceptors (Lipinski definition) is 3. The van der Waals surface area contributed by atoms with Gasteiger partial charge < -0.3 is 16.6 Å². The molecule has 72 valence electrons. The minimum Gasteiger partial charge on any atom is -0.480 e. The highest BCUT2D eigenvalue weighted by atomic mass is 16.4. The molecule has 0 radical (unpaired) electrons. The minimum absolute atomic E-state index is 0.0612. The summed E-state index contributed by atoms with van der Waals surface area (Å²) in [6.07, 6.45) is 2.45. The third-order valence-electron chi connectivity index (χ3n) is 2.10. The quantitative estimate of drug-likeness (QED) is 0.535. The Kier molecular flexibility index (Phi) is 5.66. The number of nitrogens with two attached hydrogens (primary N) is 2. The van der Waals surface area contributed by atoms with Crippen molar-refractivity contribution in [3.05, 3.63) is 0 Å². The molecular weight excluding hydrogens is 156 g/mol. The van der Waals surface area contributed by atoms with Gasteiger partial charge in [-0.05, 0) is 25.3 Å². The second-order valence-electron chi connectivity index (χ2n) is 2.96. The molecule has 4 nitrogen and oxygen atoms in total. The fourth-order valence-corrected chi connectivity index (χ4v) is 1.22. The molecule has 0 aromatic carbocycles. The first-order chi connectivity index (χ1) is 5.63. The van der Waals surface area contributed by atoms with Crippen LogP contribution in [0.4, 0.5) is 0 Å². The van der Waals surface area contributed by atoms with Crippen molar-refractivity contribution in [2.24, 2.45) is 17.4 Å². The SMILES string of the molecule is CCC(CCCN)[C@H](N)C(=O)O. The van der Waals surface area contributed by atoms with Crippen molar-refractivity contribution >= 4 is 5.97 Å². The molecule has 0 rings (SSSR count). The Hall–Kier alpha value is -0.610. The van der Waals surface area contributed by atoms with Crippen LogP contribution in [-0.4, -0.2) is 23.7 Å². The molecular formula is C8H18N2O2. The third kappa shape index (κ3) is 3.69. The Balaban J connectivity index is 3.87. The van der Waals surface area contributed by atoms with E-state index in [2.05, 4.69) is 0 Å². The van der Waals surface area contributed by atoms with Crippen molar-refractivity contribution in [2.75, 3.05) is 6.54 Å². The van der Waals surface area contributed by atoms with E-state index in [1.165, 1.54) is 0 Å². The predicted octanol–water partition coefficient (Wildman–Crippen LogP) is 0.163. The minimum atomic E-state index is -0.918. The van der Waals surface area contributed by atoms with Gasteiger partial charge in [0.25, 0.3) is 0 Å². The van der Waals surface area contributed by atoms with Gasteiger partial charge in [0.15, 0.2) is 0 Å². The van der Waals surface area contributed by atoms with Crippen LogP contribution < -0.4 is 11.5 Å². The van der Waals surface area contributed by atoms with Crippen molar-refractivity contribution in [1.82, 2.24) is 0 Å². The summed E-state index contributed by atoms with van der Waals surface area (Å²) in [4.78, 5) is 10.5. The molecule has 0 spiro atoms. The lowest BCUT2D eigenvalue weighted by Crippen LogP contribution is -2.37. The monoisotopic (exact) mass is 174 g/mol. The molecule has 4 heteroatoms. The van der Waals surface area contributed by atoms with E-state index in [0.717, 1.165) is 19.3 Å². The molecule has 0 aliphatic rings. The summed E-state index contributed by atoms with van der Waals surface area (Å²) in [5, 5.41) is 8.63. The molecule has 1 unspecified atom stereocenters. The van der Waals surface area contributed by atoms with Crippen LogP contribution in [0.1, 0.15) is 26.2 Å². The zero-order chi connectivity index (χ0) is 9.56. The Bertz CT molecular complexity index is 139. The summed E-state index contributed by atoms with van der Waals surface area (Å²) in [6, 6.07) is -0.735. The van der Waals surface area contributed by atoms with Crippen LogP contribution in [0.2, 0.25) is 0 Å². The Labute approximate surface area is 72.9 Å². The number of carbonyl (C=O) groups is 1. The molecule has 0 aromatic rings. The van der Waals surface area contributed by atoms with Gasteiger partial charge in [-0.25, -0.2) is 0 Å². The molecule has 0 heterocycles. The van der Waals surface area contributed by atoms with Gasteiger partial charge in [0.2, 0.25) is 0 Å². The smallest absolute Gasteiger partial charge is 0.320 e. The lowest BCUT2D eigenvalue weighted by molar-refractivity contribution is -0.140. The van der Waals surface area contributed by atoms with Gasteiger partial charge in [-0.3, -0.25) is 4.79 Å². The second-order valence-corrected chi connectivity index (χ2v) is 2.96. The molecule has 0 saturated heterocycles. The van der Waals surface area contributed by atoms with Crippen LogP contribution in [0.5, 0.6) is 0 Å². The molecule has 5 N–H and O–H groups in total. The van der Waals surface area contributed by atoms with Gasteiger partial charge in [0.1, 0.15) is 6.04 Å². The van der Waals surface area contributed by atoms with Crippen LogP contribution >= 0.6 is 0 Å². The highest BCUT2D eigenvalue weighted by Gasteiger charge is 2.21. The summed E-state index contributed by atoms with van der Waals surface area (Å²) in [6.45, 7) is 2.55. The van der Waals surface area contributed by atoms with Crippen molar-refractivity contribution in [3.63, 3.8) is 0 Å². The Morgan fingerprint density at radius 1 is 1.58 bits per heavy atom. The Morgan fingerprint density at radius 3 is 2.50 bits per heavy atom. The maximum absolute atomic E-state index is 10.5. The van der Waals surface area contributed by atoms with E-state index in [4.69, 9.17) is 16.6 Å². The zero-order valence-corrected chi connectivity index (χ0v) is 7.49. The fraction of sp³-hybridized carbons (Fsp3) is 0.875. The number of carboxylic acids is 1. The van der Waals surface area contributed by atoms with E-state index in [1.807, 2.05) is 6.92 Å². The van der Waals surface area contributed by atoms with Gasteiger partial charge in [0.05, 0.1) is 0 Å². The molecule has 0 bridgehead atoms. The number of aliphatic carboxylic acids is 1. The van der Waals surface area contributed by atoms with Gasteiger partial charge in [-0.2, -0.15) is 0 Å². The highest BCUT2D eigenvalue weighted by Crippen LogP contribution is 2.13. The molecule has 0 fully saturated rings. The van der Waals surface area contributed by atoms with Gasteiger partial charge in [-0.15, -0.1) is 0 Å². The topological polar surface area (TPSA) is 89.3 Å². The fourth-order valence-electron chi connectivity index (χ4n) is 1.22. The van der Waals surface area contributed by atoms with Crippen LogP contribution in [0.15, 0.2) is 0 Å². The van der Waals surface area contributed by atoms with E-state index in [0.29, 0.717) is 6.54 Å². The first-order valence-electron chi connectivity index (χ1n) is 4.31. The first kappa shape index (κ1) is 11.4. The molecule has 0 aromatic heterocycles. The van der Waals surface area contributed by atoms with E-state index < -0.39 is 12.0 Å². The largest absolute Gasteiger partial charge is 0.480 e. The van der Waals surface area contributed by atoms with Crippen molar-refractivity contribution < 1.29 is 9.90 Å². The van der Waals surface area contributed by atoms with Gasteiger partial charge in [0, 0.05) is 0 Å². The van der Waals surface area contributed by atoms with Gasteiger partial charge in [-0.1, -0.05) is 13.3 Å². The number of hydrogen-bond donors (Lipinski definition) is 3. The molecule has 0 amide bonds. The Morgan fingerprint density at radius 2 is 2.17 bits per heavy atom. The second kappa shape index (κ2) is 5.97. The zero-order valence-electron chi connectivity index (χ0n) is 7.49. The summed E-state index contributed by atoms with van der Waals surface area (Å²) in [7, 11) is 0. The number of rotatable bonds is 6. The standard InChI is InChI=1S/C8H18N2O2/c1-2-6(4-3-5-9)7(10)8(11)12/h6-7H,2-5,9-10H2,1H3,(H,11,12)/t6?,7-/m0/s1. The van der Waals surface area contributed by atoms with E-state index >= 15 is 0 Å². The molecule has 0 saturated carbocycles. The number of carboxylic acid groups (broad SMARTS) is 1. The summed E-state index contributed by atoms with van der Waals surface area (Å²) >= 11 is 0. The summed E-state index contributed by atoms with van der Waals surface area (Å²) in [5.74, 6) is -0.857. The van der Waals surface area contributed by atoms with Crippen molar-refractivity contribution in [2.45, 2.75) is 32.2 Å². The first-order valence-corrected chi connectivity index (χ1v) is 4.31. The summed E-state index contributed by atoms with van der Waals surface area (Å²) < 4.78 is 0. The van der Waals surface area contributed by atoms with Gasteiger partial charge >= 0.3 is 5.97 Å². The van der Waals surface area contributed by atoms with E-state index in [9.17, 15) is 4.79 Å². The average Bonchev–Trinajstić information content (AvgIpc) is 2.05. The lowest BCUT2D eigenvalue weighted by atomic mass is 9.93. The highest BCUT2D eigenvalue weighted by molar-refractivity contribution is 5.73. The molecule has 0 aliphatic carbocycles.